The number of allylic oxidation sites excluding steroid dienone is 1. The Labute approximate surface area is 71.3 Å². The van der Waals surface area contributed by atoms with E-state index in [1.807, 2.05) is 31.1 Å². The van der Waals surface area contributed by atoms with Gasteiger partial charge in [-0.15, -0.1) is 0 Å². The van der Waals surface area contributed by atoms with E-state index < -0.39 is 0 Å². The highest BCUT2D eigenvalue weighted by molar-refractivity contribution is 5.72. The van der Waals surface area contributed by atoms with Crippen molar-refractivity contribution in [2.45, 2.75) is 0 Å². The molecule has 0 saturated carbocycles. The van der Waals surface area contributed by atoms with Gasteiger partial charge in [0.1, 0.15) is 12.0 Å². The number of carbonyl (C=O) groups is 1. The highest BCUT2D eigenvalue weighted by Crippen LogP contribution is 2.16. The molecule has 0 bridgehead atoms. The zero-order chi connectivity index (χ0) is 8.97. The molecule has 3 nitrogen and oxygen atoms in total. The molecule has 0 saturated heterocycles. The van der Waals surface area contributed by atoms with E-state index in [1.165, 1.54) is 6.08 Å². The van der Waals surface area contributed by atoms with Crippen LogP contribution in [0.5, 0.6) is 0 Å². The molecule has 0 aliphatic rings. The van der Waals surface area contributed by atoms with Crippen LogP contribution in [0.4, 0.5) is 5.88 Å². The first-order valence-corrected chi connectivity index (χ1v) is 3.63. The van der Waals surface area contributed by atoms with Crippen LogP contribution in [0.3, 0.4) is 0 Å². The topological polar surface area (TPSA) is 33.5 Å². The first-order valence-electron chi connectivity index (χ1n) is 3.63. The third kappa shape index (κ3) is 1.99. The van der Waals surface area contributed by atoms with E-state index in [1.54, 1.807) is 6.08 Å². The van der Waals surface area contributed by atoms with Gasteiger partial charge in [-0.1, -0.05) is 0 Å². The third-order valence-corrected chi connectivity index (χ3v) is 1.39. The van der Waals surface area contributed by atoms with Crippen molar-refractivity contribution < 1.29 is 9.21 Å². The summed E-state index contributed by atoms with van der Waals surface area (Å²) in [5.41, 5.74) is 0. The van der Waals surface area contributed by atoms with Crippen LogP contribution in [-0.4, -0.2) is 20.4 Å². The van der Waals surface area contributed by atoms with Crippen molar-refractivity contribution in [1.29, 1.82) is 0 Å². The molecule has 64 valence electrons. The van der Waals surface area contributed by atoms with Gasteiger partial charge in [0.15, 0.2) is 5.88 Å². The second-order valence-corrected chi connectivity index (χ2v) is 2.57. The van der Waals surface area contributed by atoms with Crippen molar-refractivity contribution in [3.8, 4) is 0 Å². The molecule has 12 heavy (non-hydrogen) atoms. The van der Waals surface area contributed by atoms with Crippen molar-refractivity contribution in [3.05, 3.63) is 24.0 Å². The molecule has 1 aromatic heterocycles. The van der Waals surface area contributed by atoms with Gasteiger partial charge in [-0.3, -0.25) is 4.79 Å². The fourth-order valence-electron chi connectivity index (χ4n) is 0.806. The van der Waals surface area contributed by atoms with E-state index >= 15 is 0 Å². The van der Waals surface area contributed by atoms with Crippen LogP contribution in [-0.2, 0) is 4.79 Å². The first-order chi connectivity index (χ1) is 5.74. The Morgan fingerprint density at radius 1 is 1.42 bits per heavy atom. The number of aldehydes is 1. The van der Waals surface area contributed by atoms with Crippen LogP contribution in [0.15, 0.2) is 22.6 Å². The Morgan fingerprint density at radius 3 is 2.67 bits per heavy atom. The Hall–Kier alpha value is -1.51. The summed E-state index contributed by atoms with van der Waals surface area (Å²) in [4.78, 5) is 11.8. The Bertz CT molecular complexity index is 286. The van der Waals surface area contributed by atoms with Crippen molar-refractivity contribution in [1.82, 2.24) is 0 Å². The summed E-state index contributed by atoms with van der Waals surface area (Å²) >= 11 is 0. The lowest BCUT2D eigenvalue weighted by Crippen LogP contribution is -2.06. The third-order valence-electron chi connectivity index (χ3n) is 1.39. The highest BCUT2D eigenvalue weighted by Gasteiger charge is 1.99. The molecular formula is C9H11NO2. The number of carbonyl (C=O) groups excluding carboxylic acids is 1. The molecular weight excluding hydrogens is 154 g/mol. The van der Waals surface area contributed by atoms with E-state index in [4.69, 9.17) is 4.42 Å². The summed E-state index contributed by atoms with van der Waals surface area (Å²) in [6.07, 6.45) is 3.75. The number of rotatable bonds is 3. The standard InChI is InChI=1S/C9H11NO2/c1-10(2)9-6-5-8(12-9)4-3-7-11/h3-7H,1-2H3/b4-3+. The van der Waals surface area contributed by atoms with Crippen molar-refractivity contribution in [2.75, 3.05) is 19.0 Å². The lowest BCUT2D eigenvalue weighted by molar-refractivity contribution is -0.104. The predicted octanol–water partition coefficient (Wildman–Crippen LogP) is 1.56. The molecule has 1 aromatic rings. The molecule has 0 aliphatic heterocycles. The zero-order valence-electron chi connectivity index (χ0n) is 7.15. The van der Waals surface area contributed by atoms with Crippen LogP contribution < -0.4 is 4.90 Å². The smallest absolute Gasteiger partial charge is 0.195 e. The normalized spacial score (nSPS) is 10.5. The van der Waals surface area contributed by atoms with E-state index in [-0.39, 0.29) is 0 Å². The fraction of sp³-hybridized carbons (Fsp3) is 0.222. The summed E-state index contributed by atoms with van der Waals surface area (Å²) < 4.78 is 5.33. The molecule has 0 aliphatic carbocycles. The minimum atomic E-state index is 0.686. The summed E-state index contributed by atoms with van der Waals surface area (Å²) in [6, 6.07) is 3.67. The average Bonchev–Trinajstić information content (AvgIpc) is 2.48. The number of hydrogen-bond donors (Lipinski definition) is 0. The number of hydrogen-bond acceptors (Lipinski definition) is 3. The summed E-state index contributed by atoms with van der Waals surface area (Å²) in [6.45, 7) is 0. The van der Waals surface area contributed by atoms with Crippen LogP contribution in [0.1, 0.15) is 5.76 Å². The van der Waals surface area contributed by atoms with Gasteiger partial charge < -0.3 is 9.32 Å². The molecule has 0 fully saturated rings. The summed E-state index contributed by atoms with van der Waals surface area (Å²) in [5, 5.41) is 0. The van der Waals surface area contributed by atoms with Gasteiger partial charge in [0, 0.05) is 20.2 Å². The Balaban J connectivity index is 2.77. The fourth-order valence-corrected chi connectivity index (χ4v) is 0.806. The van der Waals surface area contributed by atoms with Crippen molar-refractivity contribution >= 4 is 18.2 Å². The maximum absolute atomic E-state index is 9.98. The van der Waals surface area contributed by atoms with Gasteiger partial charge >= 0.3 is 0 Å². The molecule has 0 aromatic carbocycles. The maximum atomic E-state index is 9.98. The van der Waals surface area contributed by atoms with Gasteiger partial charge in [-0.25, -0.2) is 0 Å². The molecule has 0 atom stereocenters. The Morgan fingerprint density at radius 2 is 2.17 bits per heavy atom. The largest absolute Gasteiger partial charge is 0.441 e. The molecule has 0 radical (unpaired) electrons. The van der Waals surface area contributed by atoms with E-state index in [0.29, 0.717) is 5.76 Å². The predicted molar refractivity (Wildman–Crippen MR) is 48.1 cm³/mol. The molecule has 0 spiro atoms. The highest BCUT2D eigenvalue weighted by atomic mass is 16.4. The molecule has 0 amide bonds. The molecule has 1 heterocycles. The quantitative estimate of drug-likeness (QED) is 0.503. The molecule has 3 heteroatoms. The van der Waals surface area contributed by atoms with Crippen molar-refractivity contribution in [2.24, 2.45) is 0 Å². The van der Waals surface area contributed by atoms with E-state index in [9.17, 15) is 4.79 Å². The van der Waals surface area contributed by atoms with Gasteiger partial charge in [0.25, 0.3) is 0 Å². The Kier molecular flexibility index (Phi) is 2.69. The SMILES string of the molecule is CN(C)c1ccc(/C=C/C=O)o1. The number of nitrogens with zero attached hydrogens (tertiary/aromatic N) is 1. The van der Waals surface area contributed by atoms with Crippen LogP contribution in [0.2, 0.25) is 0 Å². The number of anilines is 1. The second kappa shape index (κ2) is 3.76. The zero-order valence-corrected chi connectivity index (χ0v) is 7.15. The first kappa shape index (κ1) is 8.59. The lowest BCUT2D eigenvalue weighted by atomic mass is 10.4. The number of furan rings is 1. The van der Waals surface area contributed by atoms with Gasteiger partial charge in [-0.05, 0) is 18.2 Å². The van der Waals surface area contributed by atoms with Gasteiger partial charge in [0.05, 0.1) is 0 Å². The summed E-state index contributed by atoms with van der Waals surface area (Å²) in [7, 11) is 3.79. The second-order valence-electron chi connectivity index (χ2n) is 2.57. The van der Waals surface area contributed by atoms with Gasteiger partial charge in [0.2, 0.25) is 0 Å². The van der Waals surface area contributed by atoms with Crippen molar-refractivity contribution in [3.63, 3.8) is 0 Å². The maximum Gasteiger partial charge on any atom is 0.195 e. The molecule has 1 rings (SSSR count). The molecule has 0 unspecified atom stereocenters. The summed E-state index contributed by atoms with van der Waals surface area (Å²) in [5.74, 6) is 1.46. The monoisotopic (exact) mass is 165 g/mol. The van der Waals surface area contributed by atoms with Crippen LogP contribution >= 0.6 is 0 Å². The average molecular weight is 165 g/mol. The van der Waals surface area contributed by atoms with Gasteiger partial charge in [-0.2, -0.15) is 0 Å². The van der Waals surface area contributed by atoms with Crippen LogP contribution in [0.25, 0.3) is 6.08 Å². The minimum absolute atomic E-state index is 0.686. The lowest BCUT2D eigenvalue weighted by Gasteiger charge is -2.05. The van der Waals surface area contributed by atoms with Crippen LogP contribution in [0, 0.1) is 0 Å². The molecule has 0 N–H and O–H groups in total. The minimum Gasteiger partial charge on any atom is -0.441 e. The van der Waals surface area contributed by atoms with E-state index in [2.05, 4.69) is 0 Å². The van der Waals surface area contributed by atoms with E-state index in [0.717, 1.165) is 12.2 Å².